The number of piperazine rings is 1. The van der Waals surface area contributed by atoms with Gasteiger partial charge >= 0.3 is 5.97 Å². The Bertz CT molecular complexity index is 549. The SMILES string of the molecule is COC(=O)c1ccc(N2CCN3CCCCC3C2)nc1OC. The van der Waals surface area contributed by atoms with E-state index in [4.69, 9.17) is 9.47 Å². The van der Waals surface area contributed by atoms with Crippen molar-refractivity contribution in [1.29, 1.82) is 0 Å². The number of nitrogens with zero attached hydrogens (tertiary/aromatic N) is 3. The van der Waals surface area contributed by atoms with Crippen LogP contribution >= 0.6 is 0 Å². The lowest BCUT2D eigenvalue weighted by Gasteiger charge is -2.44. The molecule has 1 unspecified atom stereocenters. The molecule has 22 heavy (non-hydrogen) atoms. The molecule has 120 valence electrons. The highest BCUT2D eigenvalue weighted by atomic mass is 16.5. The van der Waals surface area contributed by atoms with Gasteiger partial charge in [0.2, 0.25) is 5.88 Å². The van der Waals surface area contributed by atoms with Crippen molar-refractivity contribution in [3.63, 3.8) is 0 Å². The number of aromatic nitrogens is 1. The Balaban J connectivity index is 1.78. The molecule has 2 fully saturated rings. The molecule has 2 aliphatic rings. The molecule has 6 nitrogen and oxygen atoms in total. The standard InChI is InChI=1S/C16H23N3O3/c1-21-15-13(16(20)22-2)6-7-14(17-15)19-10-9-18-8-4-3-5-12(18)11-19/h6-7,12H,3-5,8-11H2,1-2H3. The van der Waals surface area contributed by atoms with E-state index in [0.717, 1.165) is 25.5 Å². The van der Waals surface area contributed by atoms with Gasteiger partial charge in [-0.25, -0.2) is 4.79 Å². The second-order valence-corrected chi connectivity index (χ2v) is 5.85. The van der Waals surface area contributed by atoms with Crippen LogP contribution in [0.5, 0.6) is 5.88 Å². The zero-order chi connectivity index (χ0) is 15.5. The molecule has 0 saturated carbocycles. The van der Waals surface area contributed by atoms with Gasteiger partial charge in [0.1, 0.15) is 11.4 Å². The van der Waals surface area contributed by atoms with Gasteiger partial charge in [0, 0.05) is 25.7 Å². The van der Waals surface area contributed by atoms with Gasteiger partial charge in [-0.15, -0.1) is 0 Å². The minimum atomic E-state index is -0.423. The fourth-order valence-electron chi connectivity index (χ4n) is 3.39. The number of piperidine rings is 1. The topological polar surface area (TPSA) is 54.9 Å². The van der Waals surface area contributed by atoms with Crippen LogP contribution in [0.2, 0.25) is 0 Å². The molecule has 0 bridgehead atoms. The minimum Gasteiger partial charge on any atom is -0.480 e. The molecule has 0 spiro atoms. The second kappa shape index (κ2) is 6.52. The molecule has 0 N–H and O–H groups in total. The van der Waals surface area contributed by atoms with E-state index in [2.05, 4.69) is 14.8 Å². The highest BCUT2D eigenvalue weighted by molar-refractivity contribution is 5.92. The number of carbonyl (C=O) groups excluding carboxylic acids is 1. The van der Waals surface area contributed by atoms with Gasteiger partial charge in [-0.3, -0.25) is 4.90 Å². The molecule has 2 saturated heterocycles. The van der Waals surface area contributed by atoms with Gasteiger partial charge in [0.15, 0.2) is 0 Å². The number of esters is 1. The van der Waals surface area contributed by atoms with Crippen LogP contribution in [0.1, 0.15) is 29.6 Å². The van der Waals surface area contributed by atoms with Crippen LogP contribution in [0, 0.1) is 0 Å². The third kappa shape index (κ3) is 2.88. The predicted octanol–water partition coefficient (Wildman–Crippen LogP) is 1.55. The molecular formula is C16H23N3O3. The summed E-state index contributed by atoms with van der Waals surface area (Å²) >= 11 is 0. The van der Waals surface area contributed by atoms with Gasteiger partial charge < -0.3 is 14.4 Å². The first kappa shape index (κ1) is 15.1. The van der Waals surface area contributed by atoms with Gasteiger partial charge in [0.25, 0.3) is 0 Å². The summed E-state index contributed by atoms with van der Waals surface area (Å²) in [6.45, 7) is 4.25. The van der Waals surface area contributed by atoms with Gasteiger partial charge in [-0.05, 0) is 31.5 Å². The minimum absolute atomic E-state index is 0.329. The Labute approximate surface area is 131 Å². The summed E-state index contributed by atoms with van der Waals surface area (Å²) in [5.41, 5.74) is 0.366. The quantitative estimate of drug-likeness (QED) is 0.790. The van der Waals surface area contributed by atoms with Crippen LogP contribution < -0.4 is 9.64 Å². The number of rotatable bonds is 3. The van der Waals surface area contributed by atoms with Crippen LogP contribution in [-0.2, 0) is 4.74 Å². The Morgan fingerprint density at radius 1 is 1.23 bits per heavy atom. The van der Waals surface area contributed by atoms with E-state index in [0.29, 0.717) is 17.5 Å². The summed E-state index contributed by atoms with van der Waals surface area (Å²) in [7, 11) is 2.88. The number of hydrogen-bond donors (Lipinski definition) is 0. The zero-order valence-electron chi connectivity index (χ0n) is 13.2. The lowest BCUT2D eigenvalue weighted by Crippen LogP contribution is -2.55. The van der Waals surface area contributed by atoms with Crippen LogP contribution in [0.15, 0.2) is 12.1 Å². The highest BCUT2D eigenvalue weighted by Gasteiger charge is 2.29. The Hall–Kier alpha value is -1.82. The lowest BCUT2D eigenvalue weighted by molar-refractivity contribution is 0.0596. The van der Waals surface area contributed by atoms with Crippen molar-refractivity contribution >= 4 is 11.8 Å². The van der Waals surface area contributed by atoms with E-state index in [-0.39, 0.29) is 0 Å². The maximum atomic E-state index is 11.7. The number of fused-ring (bicyclic) bond motifs is 1. The zero-order valence-corrected chi connectivity index (χ0v) is 13.2. The maximum Gasteiger partial charge on any atom is 0.343 e. The number of hydrogen-bond acceptors (Lipinski definition) is 6. The number of pyridine rings is 1. The van der Waals surface area contributed by atoms with E-state index in [1.165, 1.54) is 40.0 Å². The molecule has 1 aromatic rings. The van der Waals surface area contributed by atoms with Gasteiger partial charge in [-0.2, -0.15) is 4.98 Å². The normalized spacial score (nSPS) is 22.1. The lowest BCUT2D eigenvalue weighted by atomic mass is 9.99. The van der Waals surface area contributed by atoms with E-state index >= 15 is 0 Å². The molecule has 6 heteroatoms. The van der Waals surface area contributed by atoms with Crippen molar-refractivity contribution in [3.05, 3.63) is 17.7 Å². The summed E-state index contributed by atoms with van der Waals surface area (Å²) < 4.78 is 10.0. The number of carbonyl (C=O) groups is 1. The molecule has 1 aromatic heterocycles. The summed E-state index contributed by atoms with van der Waals surface area (Å²) in [6.07, 6.45) is 3.89. The number of methoxy groups -OCH3 is 2. The fourth-order valence-corrected chi connectivity index (χ4v) is 3.39. The Morgan fingerprint density at radius 2 is 2.09 bits per heavy atom. The monoisotopic (exact) mass is 305 g/mol. The van der Waals surface area contributed by atoms with Crippen molar-refractivity contribution in [2.75, 3.05) is 45.3 Å². The average molecular weight is 305 g/mol. The van der Waals surface area contributed by atoms with Crippen molar-refractivity contribution in [2.24, 2.45) is 0 Å². The molecular weight excluding hydrogens is 282 g/mol. The van der Waals surface area contributed by atoms with Gasteiger partial charge in [0.05, 0.1) is 14.2 Å². The number of ether oxygens (including phenoxy) is 2. The average Bonchev–Trinajstić information content (AvgIpc) is 2.60. The van der Waals surface area contributed by atoms with Crippen molar-refractivity contribution in [1.82, 2.24) is 9.88 Å². The van der Waals surface area contributed by atoms with Crippen molar-refractivity contribution in [2.45, 2.75) is 25.3 Å². The first-order chi connectivity index (χ1) is 10.7. The van der Waals surface area contributed by atoms with E-state index in [1.807, 2.05) is 6.07 Å². The summed E-state index contributed by atoms with van der Waals surface area (Å²) in [5.74, 6) is 0.776. The smallest absolute Gasteiger partial charge is 0.343 e. The van der Waals surface area contributed by atoms with Crippen molar-refractivity contribution in [3.8, 4) is 5.88 Å². The largest absolute Gasteiger partial charge is 0.480 e. The molecule has 0 aromatic carbocycles. The highest BCUT2D eigenvalue weighted by Crippen LogP contribution is 2.26. The summed E-state index contributed by atoms with van der Waals surface area (Å²) in [6, 6.07) is 4.24. The molecule has 0 aliphatic carbocycles. The molecule has 3 rings (SSSR count). The fraction of sp³-hybridized carbons (Fsp3) is 0.625. The molecule has 0 amide bonds. The van der Waals surface area contributed by atoms with E-state index in [9.17, 15) is 4.79 Å². The Kier molecular flexibility index (Phi) is 4.47. The molecule has 2 aliphatic heterocycles. The van der Waals surface area contributed by atoms with Crippen LogP contribution in [-0.4, -0.2) is 62.3 Å². The predicted molar refractivity (Wildman–Crippen MR) is 83.6 cm³/mol. The first-order valence-electron chi connectivity index (χ1n) is 7.85. The maximum absolute atomic E-state index is 11.7. The molecule has 3 heterocycles. The summed E-state index contributed by atoms with van der Waals surface area (Å²) in [5, 5.41) is 0. The van der Waals surface area contributed by atoms with E-state index < -0.39 is 5.97 Å². The van der Waals surface area contributed by atoms with Crippen LogP contribution in [0.3, 0.4) is 0 Å². The van der Waals surface area contributed by atoms with Crippen molar-refractivity contribution < 1.29 is 14.3 Å². The third-order valence-electron chi connectivity index (χ3n) is 4.61. The number of anilines is 1. The third-order valence-corrected chi connectivity index (χ3v) is 4.61. The molecule has 1 atom stereocenters. The van der Waals surface area contributed by atoms with Crippen LogP contribution in [0.4, 0.5) is 5.82 Å². The Morgan fingerprint density at radius 3 is 2.86 bits per heavy atom. The van der Waals surface area contributed by atoms with Crippen LogP contribution in [0.25, 0.3) is 0 Å². The van der Waals surface area contributed by atoms with E-state index in [1.54, 1.807) is 6.07 Å². The molecule has 0 radical (unpaired) electrons. The second-order valence-electron chi connectivity index (χ2n) is 5.85. The summed E-state index contributed by atoms with van der Waals surface area (Å²) in [4.78, 5) is 21.1. The van der Waals surface area contributed by atoms with Gasteiger partial charge in [-0.1, -0.05) is 6.42 Å². The first-order valence-corrected chi connectivity index (χ1v) is 7.85.